The Kier molecular flexibility index (Phi) is 4.80. The number of methoxy groups -OCH3 is 1. The van der Waals surface area contributed by atoms with Crippen LogP contribution < -0.4 is 4.74 Å². The third kappa shape index (κ3) is 3.37. The quantitative estimate of drug-likeness (QED) is 0.506. The average molecular weight is 417 g/mol. The van der Waals surface area contributed by atoms with Gasteiger partial charge >= 0.3 is 0 Å². The molecule has 1 atom stereocenters. The fourth-order valence-corrected chi connectivity index (χ4v) is 4.86. The molecule has 0 bridgehead atoms. The number of carbonyl (C=O) groups excluding carboxylic acids is 1. The number of hydrogen-bond donors (Lipinski definition) is 1. The molecule has 4 aromatic rings. The molecule has 150 valence electrons. The molecule has 2 aromatic carbocycles. The third-order valence-electron chi connectivity index (χ3n) is 5.26. The van der Waals surface area contributed by atoms with Crippen LogP contribution >= 0.6 is 11.3 Å². The summed E-state index contributed by atoms with van der Waals surface area (Å²) >= 11 is 1.61. The highest BCUT2D eigenvalue weighted by molar-refractivity contribution is 7.18. The van der Waals surface area contributed by atoms with Crippen molar-refractivity contribution in [2.24, 2.45) is 0 Å². The van der Waals surface area contributed by atoms with Crippen molar-refractivity contribution in [1.29, 1.82) is 0 Å². The summed E-state index contributed by atoms with van der Waals surface area (Å²) in [5.41, 5.74) is 3.81. The minimum absolute atomic E-state index is 0.0595. The van der Waals surface area contributed by atoms with Gasteiger partial charge < -0.3 is 14.6 Å². The molecule has 1 aliphatic rings. The molecule has 1 N–H and O–H groups in total. The SMILES string of the molecule is COc1cccc(/C=C/C(=O)N2CCc3[nH]cnc3[C@H]2c2nc3ccccc3s2)c1. The first-order chi connectivity index (χ1) is 14.7. The molecular formula is C23H20N4O2S. The molecule has 0 unspecified atom stereocenters. The summed E-state index contributed by atoms with van der Waals surface area (Å²) in [4.78, 5) is 27.6. The van der Waals surface area contributed by atoms with Gasteiger partial charge in [0.05, 0.1) is 29.3 Å². The predicted octanol–water partition coefficient (Wildman–Crippen LogP) is 4.22. The van der Waals surface area contributed by atoms with Crippen molar-refractivity contribution < 1.29 is 9.53 Å². The van der Waals surface area contributed by atoms with E-state index >= 15 is 0 Å². The number of H-pyrrole nitrogens is 1. The van der Waals surface area contributed by atoms with Crippen molar-refractivity contribution in [2.75, 3.05) is 13.7 Å². The zero-order valence-electron chi connectivity index (χ0n) is 16.4. The number of hydrogen-bond acceptors (Lipinski definition) is 5. The molecule has 2 aromatic heterocycles. The average Bonchev–Trinajstić information content (AvgIpc) is 3.43. The van der Waals surface area contributed by atoms with Gasteiger partial charge in [-0.05, 0) is 35.9 Å². The minimum Gasteiger partial charge on any atom is -0.497 e. The number of benzene rings is 2. The molecule has 7 heteroatoms. The van der Waals surface area contributed by atoms with Crippen molar-refractivity contribution in [3.8, 4) is 5.75 Å². The fraction of sp³-hybridized carbons (Fsp3) is 0.174. The van der Waals surface area contributed by atoms with Gasteiger partial charge in [-0.3, -0.25) is 4.79 Å². The summed E-state index contributed by atoms with van der Waals surface area (Å²) in [5.74, 6) is 0.701. The summed E-state index contributed by atoms with van der Waals surface area (Å²) in [6, 6.07) is 15.4. The van der Waals surface area contributed by atoms with Crippen LogP contribution in [-0.2, 0) is 11.2 Å². The second-order valence-electron chi connectivity index (χ2n) is 7.08. The number of imidazole rings is 1. The zero-order valence-corrected chi connectivity index (χ0v) is 17.2. The van der Waals surface area contributed by atoms with Crippen LogP contribution in [-0.4, -0.2) is 39.4 Å². The second kappa shape index (κ2) is 7.76. The number of aromatic nitrogens is 3. The molecule has 0 saturated carbocycles. The van der Waals surface area contributed by atoms with Gasteiger partial charge in [0.25, 0.3) is 0 Å². The molecule has 1 aliphatic heterocycles. The Balaban J connectivity index is 1.49. The monoisotopic (exact) mass is 416 g/mol. The molecule has 5 rings (SSSR count). The van der Waals surface area contributed by atoms with E-state index in [1.807, 2.05) is 53.4 Å². The number of aromatic amines is 1. The van der Waals surface area contributed by atoms with E-state index in [0.717, 1.165) is 44.3 Å². The Morgan fingerprint density at radius 1 is 1.27 bits per heavy atom. The lowest BCUT2D eigenvalue weighted by Gasteiger charge is -2.33. The Morgan fingerprint density at radius 3 is 3.03 bits per heavy atom. The maximum Gasteiger partial charge on any atom is 0.247 e. The van der Waals surface area contributed by atoms with E-state index in [1.54, 1.807) is 30.8 Å². The topological polar surface area (TPSA) is 71.1 Å². The first-order valence-electron chi connectivity index (χ1n) is 9.73. The van der Waals surface area contributed by atoms with Crippen LogP contribution in [0.2, 0.25) is 0 Å². The summed E-state index contributed by atoms with van der Waals surface area (Å²) in [5, 5.41) is 0.882. The maximum absolute atomic E-state index is 13.2. The summed E-state index contributed by atoms with van der Waals surface area (Å²) in [6.45, 7) is 0.608. The summed E-state index contributed by atoms with van der Waals surface area (Å²) < 4.78 is 6.37. The van der Waals surface area contributed by atoms with E-state index in [-0.39, 0.29) is 11.9 Å². The first-order valence-corrected chi connectivity index (χ1v) is 10.5. The Bertz CT molecular complexity index is 1210. The lowest BCUT2D eigenvalue weighted by Crippen LogP contribution is -2.39. The van der Waals surface area contributed by atoms with Crippen molar-refractivity contribution in [2.45, 2.75) is 12.5 Å². The molecule has 30 heavy (non-hydrogen) atoms. The number of nitrogens with one attached hydrogen (secondary N) is 1. The minimum atomic E-state index is -0.292. The van der Waals surface area contributed by atoms with E-state index in [9.17, 15) is 4.79 Å². The molecule has 6 nitrogen and oxygen atoms in total. The molecule has 3 heterocycles. The Labute approximate surface area is 177 Å². The summed E-state index contributed by atoms with van der Waals surface area (Å²) in [7, 11) is 1.63. The highest BCUT2D eigenvalue weighted by Crippen LogP contribution is 2.37. The molecule has 0 fully saturated rings. The lowest BCUT2D eigenvalue weighted by molar-refractivity contribution is -0.128. The van der Waals surface area contributed by atoms with Crippen LogP contribution in [0.1, 0.15) is 28.0 Å². The number of thiazole rings is 1. The van der Waals surface area contributed by atoms with Crippen LogP contribution in [0.25, 0.3) is 16.3 Å². The van der Waals surface area contributed by atoms with Gasteiger partial charge in [-0.1, -0.05) is 24.3 Å². The highest BCUT2D eigenvalue weighted by atomic mass is 32.1. The van der Waals surface area contributed by atoms with E-state index in [0.29, 0.717) is 6.54 Å². The third-order valence-corrected chi connectivity index (χ3v) is 6.35. The van der Waals surface area contributed by atoms with Gasteiger partial charge in [-0.25, -0.2) is 9.97 Å². The molecular weight excluding hydrogens is 396 g/mol. The number of para-hydroxylation sites is 1. The highest BCUT2D eigenvalue weighted by Gasteiger charge is 2.35. The van der Waals surface area contributed by atoms with Crippen LogP contribution in [0.4, 0.5) is 0 Å². The Hall–Kier alpha value is -3.45. The van der Waals surface area contributed by atoms with E-state index < -0.39 is 0 Å². The number of fused-ring (bicyclic) bond motifs is 2. The molecule has 0 spiro atoms. The van der Waals surface area contributed by atoms with Gasteiger partial charge in [0.1, 0.15) is 16.8 Å². The standard InChI is InChI=1S/C23H20N4O2S/c1-29-16-6-4-5-15(13-16)9-10-20(28)27-12-11-18-21(25-14-24-18)22(27)23-26-17-7-2-3-8-19(17)30-23/h2-10,13-14,22H,11-12H2,1H3,(H,24,25)/b10-9+/t22-/m0/s1. The van der Waals surface area contributed by atoms with Crippen molar-refractivity contribution in [3.05, 3.63) is 82.9 Å². The van der Waals surface area contributed by atoms with E-state index in [2.05, 4.69) is 16.0 Å². The normalized spacial score (nSPS) is 16.2. The molecule has 0 saturated heterocycles. The van der Waals surface area contributed by atoms with Crippen LogP contribution in [0.5, 0.6) is 5.75 Å². The first kappa shape index (κ1) is 18.6. The number of rotatable bonds is 4. The second-order valence-corrected chi connectivity index (χ2v) is 8.14. The zero-order chi connectivity index (χ0) is 20.5. The van der Waals surface area contributed by atoms with Gasteiger partial charge in [-0.2, -0.15) is 0 Å². The molecule has 0 radical (unpaired) electrons. The van der Waals surface area contributed by atoms with E-state index in [4.69, 9.17) is 9.72 Å². The van der Waals surface area contributed by atoms with E-state index in [1.165, 1.54) is 0 Å². The number of ether oxygens (including phenoxy) is 1. The Morgan fingerprint density at radius 2 is 2.17 bits per heavy atom. The van der Waals surface area contributed by atoms with Crippen molar-refractivity contribution in [1.82, 2.24) is 19.9 Å². The molecule has 0 aliphatic carbocycles. The maximum atomic E-state index is 13.2. The van der Waals surface area contributed by atoms with Gasteiger partial charge in [0, 0.05) is 24.7 Å². The number of amides is 1. The van der Waals surface area contributed by atoms with Gasteiger partial charge in [-0.15, -0.1) is 11.3 Å². The largest absolute Gasteiger partial charge is 0.497 e. The van der Waals surface area contributed by atoms with Crippen molar-refractivity contribution >= 4 is 33.5 Å². The predicted molar refractivity (Wildman–Crippen MR) is 117 cm³/mol. The summed E-state index contributed by atoms with van der Waals surface area (Å²) in [6.07, 6.45) is 5.88. The van der Waals surface area contributed by atoms with Gasteiger partial charge in [0.2, 0.25) is 5.91 Å². The number of carbonyl (C=O) groups is 1. The van der Waals surface area contributed by atoms with Crippen LogP contribution in [0.15, 0.2) is 60.9 Å². The van der Waals surface area contributed by atoms with Crippen LogP contribution in [0, 0.1) is 0 Å². The van der Waals surface area contributed by atoms with Gasteiger partial charge in [0.15, 0.2) is 0 Å². The van der Waals surface area contributed by atoms with Crippen LogP contribution in [0.3, 0.4) is 0 Å². The molecule has 1 amide bonds. The smallest absolute Gasteiger partial charge is 0.247 e. The van der Waals surface area contributed by atoms with Crippen molar-refractivity contribution in [3.63, 3.8) is 0 Å². The fourth-order valence-electron chi connectivity index (χ4n) is 3.78. The number of nitrogens with zero attached hydrogens (tertiary/aromatic N) is 3. The lowest BCUT2D eigenvalue weighted by atomic mass is 10.0.